The van der Waals surface area contributed by atoms with Crippen molar-refractivity contribution in [2.75, 3.05) is 0 Å². The molecule has 1 heterocycles. The topological polar surface area (TPSA) is 56.3 Å². The van der Waals surface area contributed by atoms with E-state index in [0.717, 1.165) is 0 Å². The fraction of sp³-hybridized carbons (Fsp3) is 0.0500. The molecule has 2 aromatic carbocycles. The minimum atomic E-state index is -1.06. The smallest absolute Gasteiger partial charge is 0.340 e. The summed E-state index contributed by atoms with van der Waals surface area (Å²) in [6, 6.07) is 18.6. The van der Waals surface area contributed by atoms with Crippen molar-refractivity contribution >= 4 is 23.4 Å². The zero-order chi connectivity index (χ0) is 17.6. The van der Waals surface area contributed by atoms with Gasteiger partial charge < -0.3 is 4.74 Å². The van der Waals surface area contributed by atoms with Gasteiger partial charge in [0.2, 0.25) is 5.78 Å². The van der Waals surface area contributed by atoms with Crippen LogP contribution in [-0.4, -0.2) is 16.7 Å². The van der Waals surface area contributed by atoms with Crippen molar-refractivity contribution in [3.8, 4) is 0 Å². The van der Waals surface area contributed by atoms with Gasteiger partial charge in [-0.05, 0) is 24.3 Å². The highest BCUT2D eigenvalue weighted by atomic mass is 35.5. The van der Waals surface area contributed by atoms with Gasteiger partial charge >= 0.3 is 5.97 Å². The summed E-state index contributed by atoms with van der Waals surface area (Å²) in [5.74, 6) is -0.919. The van der Waals surface area contributed by atoms with E-state index < -0.39 is 12.1 Å². The van der Waals surface area contributed by atoms with E-state index in [9.17, 15) is 9.59 Å². The average Bonchev–Trinajstić information content (AvgIpc) is 2.67. The molecule has 4 nitrogen and oxygen atoms in total. The summed E-state index contributed by atoms with van der Waals surface area (Å²) in [4.78, 5) is 29.2. The number of halogens is 1. The molecular formula is C20H14ClNO3. The number of carbonyl (C=O) groups excluding carboxylic acids is 2. The Morgan fingerprint density at radius 2 is 1.56 bits per heavy atom. The molecule has 0 spiro atoms. The Kier molecular flexibility index (Phi) is 5.21. The van der Waals surface area contributed by atoms with Crippen LogP contribution < -0.4 is 0 Å². The second-order valence-corrected chi connectivity index (χ2v) is 5.75. The largest absolute Gasteiger partial charge is 0.445 e. The molecular weight excluding hydrogens is 338 g/mol. The van der Waals surface area contributed by atoms with E-state index in [1.807, 2.05) is 6.07 Å². The summed E-state index contributed by atoms with van der Waals surface area (Å²) in [5, 5.41) is 0.535. The molecule has 0 amide bonds. The first-order valence-corrected chi connectivity index (χ1v) is 7.98. The molecule has 0 fully saturated rings. The van der Waals surface area contributed by atoms with E-state index in [4.69, 9.17) is 16.3 Å². The van der Waals surface area contributed by atoms with E-state index in [1.165, 1.54) is 6.20 Å². The van der Waals surface area contributed by atoms with Crippen LogP contribution in [-0.2, 0) is 4.74 Å². The monoisotopic (exact) mass is 351 g/mol. The van der Waals surface area contributed by atoms with Gasteiger partial charge in [-0.3, -0.25) is 9.78 Å². The van der Waals surface area contributed by atoms with Crippen molar-refractivity contribution in [2.45, 2.75) is 6.10 Å². The highest BCUT2D eigenvalue weighted by molar-refractivity contribution is 6.30. The summed E-state index contributed by atoms with van der Waals surface area (Å²) < 4.78 is 5.51. The summed E-state index contributed by atoms with van der Waals surface area (Å²) in [6.07, 6.45) is 1.89. The second kappa shape index (κ2) is 7.73. The van der Waals surface area contributed by atoms with Crippen molar-refractivity contribution < 1.29 is 14.3 Å². The first-order valence-electron chi connectivity index (χ1n) is 7.61. The van der Waals surface area contributed by atoms with Crippen molar-refractivity contribution in [3.05, 3.63) is 101 Å². The molecule has 5 heteroatoms. The lowest BCUT2D eigenvalue weighted by molar-refractivity contribution is 0.0279. The zero-order valence-electron chi connectivity index (χ0n) is 13.1. The number of esters is 1. The van der Waals surface area contributed by atoms with Crippen molar-refractivity contribution in [1.82, 2.24) is 4.98 Å². The van der Waals surface area contributed by atoms with Crippen LogP contribution in [0.3, 0.4) is 0 Å². The molecule has 124 valence electrons. The molecule has 0 saturated carbocycles. The lowest BCUT2D eigenvalue weighted by Gasteiger charge is -2.17. The molecule has 1 aromatic heterocycles. The number of hydrogen-bond donors (Lipinski definition) is 0. The Labute approximate surface area is 150 Å². The van der Waals surface area contributed by atoms with E-state index >= 15 is 0 Å². The Balaban J connectivity index is 1.93. The lowest BCUT2D eigenvalue weighted by Crippen LogP contribution is -2.20. The maximum Gasteiger partial charge on any atom is 0.340 e. The number of benzene rings is 2. The first kappa shape index (κ1) is 16.9. The van der Waals surface area contributed by atoms with Crippen LogP contribution in [0.15, 0.2) is 79.1 Å². The molecule has 0 aliphatic carbocycles. The lowest BCUT2D eigenvalue weighted by atomic mass is 10.00. The van der Waals surface area contributed by atoms with Crippen molar-refractivity contribution in [2.24, 2.45) is 0 Å². The van der Waals surface area contributed by atoms with Crippen LogP contribution in [0, 0.1) is 0 Å². The Hall–Kier alpha value is -2.98. The highest BCUT2D eigenvalue weighted by Crippen LogP contribution is 2.25. The van der Waals surface area contributed by atoms with Gasteiger partial charge in [-0.25, -0.2) is 4.79 Å². The number of rotatable bonds is 5. The maximum atomic E-state index is 12.9. The fourth-order valence-electron chi connectivity index (χ4n) is 2.32. The number of hydrogen-bond acceptors (Lipinski definition) is 4. The average molecular weight is 352 g/mol. The predicted octanol–water partition coefficient (Wildman–Crippen LogP) is 4.52. The van der Waals surface area contributed by atoms with Gasteiger partial charge in [-0.1, -0.05) is 54.1 Å². The van der Waals surface area contributed by atoms with Crippen LogP contribution >= 0.6 is 11.6 Å². The molecule has 0 aliphatic heterocycles. The number of ether oxygens (including phenoxy) is 1. The summed E-state index contributed by atoms with van der Waals surface area (Å²) >= 11 is 5.91. The minimum Gasteiger partial charge on any atom is -0.445 e. The number of aromatic nitrogens is 1. The van der Waals surface area contributed by atoms with Crippen LogP contribution in [0.4, 0.5) is 0 Å². The van der Waals surface area contributed by atoms with Crippen LogP contribution in [0.5, 0.6) is 0 Å². The molecule has 0 saturated heterocycles. The Bertz CT molecular complexity index is 864. The van der Waals surface area contributed by atoms with Gasteiger partial charge in [0, 0.05) is 28.5 Å². The molecule has 1 atom stereocenters. The summed E-state index contributed by atoms with van der Waals surface area (Å²) in [6.45, 7) is 0. The molecule has 0 bridgehead atoms. The summed E-state index contributed by atoms with van der Waals surface area (Å²) in [7, 11) is 0. The zero-order valence-corrected chi connectivity index (χ0v) is 13.9. The van der Waals surface area contributed by atoms with E-state index in [2.05, 4.69) is 4.98 Å². The molecule has 0 N–H and O–H groups in total. The SMILES string of the molecule is O=C(O[C@@H](C(=O)c1ccccc1)c1ccc(Cl)cc1)c1cccnc1. The normalized spacial score (nSPS) is 11.6. The van der Waals surface area contributed by atoms with E-state index in [1.54, 1.807) is 66.9 Å². The van der Waals surface area contributed by atoms with Gasteiger partial charge in [-0.15, -0.1) is 0 Å². The second-order valence-electron chi connectivity index (χ2n) is 5.31. The van der Waals surface area contributed by atoms with E-state index in [0.29, 0.717) is 16.1 Å². The maximum absolute atomic E-state index is 12.9. The third-order valence-electron chi connectivity index (χ3n) is 3.59. The van der Waals surface area contributed by atoms with Gasteiger partial charge in [0.05, 0.1) is 5.56 Å². The van der Waals surface area contributed by atoms with Crippen LogP contribution in [0.1, 0.15) is 32.4 Å². The van der Waals surface area contributed by atoms with E-state index in [-0.39, 0.29) is 11.3 Å². The molecule has 3 aromatic rings. The third kappa shape index (κ3) is 4.11. The third-order valence-corrected chi connectivity index (χ3v) is 3.84. The molecule has 0 radical (unpaired) electrons. The van der Waals surface area contributed by atoms with Gasteiger partial charge in [0.1, 0.15) is 0 Å². The van der Waals surface area contributed by atoms with Crippen LogP contribution in [0.25, 0.3) is 0 Å². The molecule has 0 aliphatic rings. The van der Waals surface area contributed by atoms with Crippen molar-refractivity contribution in [3.63, 3.8) is 0 Å². The van der Waals surface area contributed by atoms with Gasteiger partial charge in [0.15, 0.2) is 6.10 Å². The molecule has 3 rings (SSSR count). The van der Waals surface area contributed by atoms with Gasteiger partial charge in [-0.2, -0.15) is 0 Å². The number of carbonyl (C=O) groups is 2. The minimum absolute atomic E-state index is 0.280. The number of nitrogens with zero attached hydrogens (tertiary/aromatic N) is 1. The van der Waals surface area contributed by atoms with Crippen molar-refractivity contribution in [1.29, 1.82) is 0 Å². The Morgan fingerprint density at radius 1 is 0.880 bits per heavy atom. The molecule has 25 heavy (non-hydrogen) atoms. The quantitative estimate of drug-likeness (QED) is 0.501. The highest BCUT2D eigenvalue weighted by Gasteiger charge is 2.26. The number of Topliss-reactive ketones (excluding diaryl/α,β-unsaturated/α-hetero) is 1. The van der Waals surface area contributed by atoms with Crippen LogP contribution in [0.2, 0.25) is 5.02 Å². The Morgan fingerprint density at radius 3 is 2.20 bits per heavy atom. The number of pyridine rings is 1. The van der Waals surface area contributed by atoms with Gasteiger partial charge in [0.25, 0.3) is 0 Å². The molecule has 0 unspecified atom stereocenters. The number of ketones is 1. The fourth-order valence-corrected chi connectivity index (χ4v) is 2.45. The summed E-state index contributed by atoms with van der Waals surface area (Å²) in [5.41, 5.74) is 1.29. The first-order chi connectivity index (χ1) is 12.1. The predicted molar refractivity (Wildman–Crippen MR) is 94.6 cm³/mol. The standard InChI is InChI=1S/C20H14ClNO3/c21-17-10-8-15(9-11-17)19(18(23)14-5-2-1-3-6-14)25-20(24)16-7-4-12-22-13-16/h1-13,19H/t19-/m1/s1.